The first-order valence-electron chi connectivity index (χ1n) is 4.00. The van der Waals surface area contributed by atoms with Crippen molar-refractivity contribution in [2.24, 2.45) is 5.73 Å². The molecule has 1 aromatic carbocycles. The van der Waals surface area contributed by atoms with Crippen molar-refractivity contribution in [3.8, 4) is 0 Å². The van der Waals surface area contributed by atoms with Gasteiger partial charge in [-0.1, -0.05) is 15.9 Å². The fourth-order valence-electron chi connectivity index (χ4n) is 1.15. The molecular weight excluding hydrogens is 232 g/mol. The summed E-state index contributed by atoms with van der Waals surface area (Å²) in [5.41, 5.74) is 7.19. The van der Waals surface area contributed by atoms with Gasteiger partial charge in [0.15, 0.2) is 0 Å². The maximum absolute atomic E-state index is 5.40. The maximum Gasteiger partial charge on any atom is 0.114 e. The van der Waals surface area contributed by atoms with E-state index in [9.17, 15) is 0 Å². The molecule has 0 radical (unpaired) electrons. The topological polar surface area (TPSA) is 56.7 Å². The van der Waals surface area contributed by atoms with Gasteiger partial charge >= 0.3 is 0 Å². The predicted octanol–water partition coefficient (Wildman–Crippen LogP) is 1.15. The molecule has 0 saturated carbocycles. The van der Waals surface area contributed by atoms with Gasteiger partial charge < -0.3 is 5.73 Å². The molecule has 0 aliphatic rings. The zero-order chi connectivity index (χ0) is 9.26. The lowest BCUT2D eigenvalue weighted by Gasteiger charge is -1.91. The molecule has 0 aliphatic heterocycles. The minimum absolute atomic E-state index is 0.558. The Morgan fingerprint density at radius 2 is 2.08 bits per heavy atom. The number of rotatable bonds is 2. The van der Waals surface area contributed by atoms with Crippen LogP contribution in [0.4, 0.5) is 0 Å². The molecule has 4 nitrogen and oxygen atoms in total. The van der Waals surface area contributed by atoms with Crippen molar-refractivity contribution in [2.45, 2.75) is 6.54 Å². The normalized spacial score (nSPS) is 10.9. The van der Waals surface area contributed by atoms with Crippen molar-refractivity contribution < 1.29 is 0 Å². The van der Waals surface area contributed by atoms with Crippen LogP contribution in [0.2, 0.25) is 0 Å². The highest BCUT2D eigenvalue weighted by atomic mass is 79.9. The van der Waals surface area contributed by atoms with E-state index in [1.165, 1.54) is 0 Å². The summed E-state index contributed by atoms with van der Waals surface area (Å²) >= 11 is 3.38. The summed E-state index contributed by atoms with van der Waals surface area (Å²) in [6, 6.07) is 5.82. The summed E-state index contributed by atoms with van der Waals surface area (Å²) in [6.07, 6.45) is 0. The number of halogens is 1. The number of aromatic nitrogens is 3. The molecule has 2 aromatic rings. The minimum Gasteiger partial charge on any atom is -0.329 e. The van der Waals surface area contributed by atoms with Crippen LogP contribution in [0.1, 0.15) is 0 Å². The van der Waals surface area contributed by atoms with E-state index in [2.05, 4.69) is 26.1 Å². The van der Waals surface area contributed by atoms with E-state index in [1.54, 1.807) is 4.80 Å². The first-order chi connectivity index (χ1) is 6.29. The summed E-state index contributed by atoms with van der Waals surface area (Å²) in [6.45, 7) is 1.22. The molecule has 5 heteroatoms. The highest BCUT2D eigenvalue weighted by Crippen LogP contribution is 2.15. The van der Waals surface area contributed by atoms with Gasteiger partial charge in [-0.05, 0) is 18.2 Å². The zero-order valence-electron chi connectivity index (χ0n) is 6.94. The first kappa shape index (κ1) is 8.65. The Bertz CT molecular complexity index is 423. The van der Waals surface area contributed by atoms with E-state index in [-0.39, 0.29) is 0 Å². The fourth-order valence-corrected chi connectivity index (χ4v) is 1.50. The van der Waals surface area contributed by atoms with Crippen LogP contribution < -0.4 is 5.73 Å². The maximum atomic E-state index is 5.40. The van der Waals surface area contributed by atoms with Gasteiger partial charge in [0.05, 0.1) is 6.54 Å². The van der Waals surface area contributed by atoms with Gasteiger partial charge in [0.25, 0.3) is 0 Å². The fraction of sp³-hybridized carbons (Fsp3) is 0.250. The van der Waals surface area contributed by atoms with Crippen LogP contribution in [-0.4, -0.2) is 21.5 Å². The van der Waals surface area contributed by atoms with Crippen molar-refractivity contribution in [3.63, 3.8) is 0 Å². The molecule has 2 rings (SSSR count). The smallest absolute Gasteiger partial charge is 0.114 e. The van der Waals surface area contributed by atoms with E-state index >= 15 is 0 Å². The lowest BCUT2D eigenvalue weighted by molar-refractivity contribution is 0.553. The van der Waals surface area contributed by atoms with E-state index in [1.807, 2.05) is 18.2 Å². The Morgan fingerprint density at radius 1 is 1.31 bits per heavy atom. The van der Waals surface area contributed by atoms with E-state index in [4.69, 9.17) is 5.73 Å². The lowest BCUT2D eigenvalue weighted by atomic mass is 10.3. The van der Waals surface area contributed by atoms with Gasteiger partial charge in [0, 0.05) is 11.0 Å². The monoisotopic (exact) mass is 240 g/mol. The van der Waals surface area contributed by atoms with E-state index in [0.717, 1.165) is 15.5 Å². The van der Waals surface area contributed by atoms with Crippen molar-refractivity contribution >= 4 is 27.0 Å². The average Bonchev–Trinajstić information content (AvgIpc) is 2.46. The van der Waals surface area contributed by atoms with Crippen molar-refractivity contribution in [3.05, 3.63) is 22.7 Å². The van der Waals surface area contributed by atoms with Gasteiger partial charge in [-0.3, -0.25) is 0 Å². The molecule has 1 heterocycles. The number of nitrogens with zero attached hydrogens (tertiary/aromatic N) is 3. The van der Waals surface area contributed by atoms with Crippen molar-refractivity contribution in [2.75, 3.05) is 6.54 Å². The zero-order valence-corrected chi connectivity index (χ0v) is 8.53. The molecule has 1 aromatic heterocycles. The Morgan fingerprint density at radius 3 is 2.85 bits per heavy atom. The van der Waals surface area contributed by atoms with Crippen LogP contribution in [0.15, 0.2) is 22.7 Å². The predicted molar refractivity (Wildman–Crippen MR) is 54.3 cm³/mol. The number of hydrogen-bond acceptors (Lipinski definition) is 3. The minimum atomic E-state index is 0.558. The second-order valence-corrected chi connectivity index (χ2v) is 3.63. The molecule has 0 bridgehead atoms. The number of fused-ring (bicyclic) bond motifs is 1. The van der Waals surface area contributed by atoms with Gasteiger partial charge in [-0.15, -0.1) is 0 Å². The molecule has 68 valence electrons. The summed E-state index contributed by atoms with van der Waals surface area (Å²) in [4.78, 5) is 1.62. The Hall–Kier alpha value is -0.940. The first-order valence-corrected chi connectivity index (χ1v) is 4.79. The highest BCUT2D eigenvalue weighted by molar-refractivity contribution is 9.10. The van der Waals surface area contributed by atoms with Gasteiger partial charge in [0.1, 0.15) is 11.0 Å². The molecule has 0 atom stereocenters. The SMILES string of the molecule is NCCn1nc2ccc(Br)cc2n1. The molecule has 0 saturated heterocycles. The molecule has 13 heavy (non-hydrogen) atoms. The molecule has 0 spiro atoms. The third-order valence-electron chi connectivity index (χ3n) is 1.71. The molecular formula is C8H9BrN4. The third kappa shape index (κ3) is 1.71. The Kier molecular flexibility index (Phi) is 2.28. The largest absolute Gasteiger partial charge is 0.329 e. The number of hydrogen-bond donors (Lipinski definition) is 1. The highest BCUT2D eigenvalue weighted by Gasteiger charge is 2.01. The van der Waals surface area contributed by atoms with E-state index < -0.39 is 0 Å². The molecule has 0 amide bonds. The molecule has 2 N–H and O–H groups in total. The van der Waals surface area contributed by atoms with Gasteiger partial charge in [-0.2, -0.15) is 15.0 Å². The van der Waals surface area contributed by atoms with Gasteiger partial charge in [-0.25, -0.2) is 0 Å². The lowest BCUT2D eigenvalue weighted by Crippen LogP contribution is -2.12. The second kappa shape index (κ2) is 3.43. The average molecular weight is 241 g/mol. The molecule has 0 unspecified atom stereocenters. The van der Waals surface area contributed by atoms with Crippen LogP contribution in [0.5, 0.6) is 0 Å². The van der Waals surface area contributed by atoms with Crippen LogP contribution >= 0.6 is 15.9 Å². The number of nitrogens with two attached hydrogens (primary N) is 1. The second-order valence-electron chi connectivity index (χ2n) is 2.72. The summed E-state index contributed by atoms with van der Waals surface area (Å²) in [5.74, 6) is 0. The van der Waals surface area contributed by atoms with Crippen molar-refractivity contribution in [1.82, 2.24) is 15.0 Å². The summed E-state index contributed by atoms with van der Waals surface area (Å²) in [5, 5.41) is 8.51. The van der Waals surface area contributed by atoms with Crippen LogP contribution in [-0.2, 0) is 6.54 Å². The van der Waals surface area contributed by atoms with Gasteiger partial charge in [0.2, 0.25) is 0 Å². The van der Waals surface area contributed by atoms with Crippen LogP contribution in [0, 0.1) is 0 Å². The van der Waals surface area contributed by atoms with Crippen LogP contribution in [0.3, 0.4) is 0 Å². The van der Waals surface area contributed by atoms with Crippen molar-refractivity contribution in [1.29, 1.82) is 0 Å². The summed E-state index contributed by atoms with van der Waals surface area (Å²) in [7, 11) is 0. The Labute approximate surface area is 83.8 Å². The summed E-state index contributed by atoms with van der Waals surface area (Å²) < 4.78 is 1.01. The number of benzene rings is 1. The van der Waals surface area contributed by atoms with E-state index in [0.29, 0.717) is 13.1 Å². The third-order valence-corrected chi connectivity index (χ3v) is 2.21. The molecule has 0 aliphatic carbocycles. The molecule has 0 fully saturated rings. The van der Waals surface area contributed by atoms with Crippen LogP contribution in [0.25, 0.3) is 11.0 Å². The Balaban J connectivity index is 2.49. The standard InChI is InChI=1S/C8H9BrN4/c9-6-1-2-7-8(5-6)12-13(11-7)4-3-10/h1-2,5H,3-4,10H2. The quantitative estimate of drug-likeness (QED) is 0.858.